The van der Waals surface area contributed by atoms with Crippen LogP contribution < -0.4 is 5.32 Å². The summed E-state index contributed by atoms with van der Waals surface area (Å²) in [5.41, 5.74) is 0.873. The van der Waals surface area contributed by atoms with E-state index in [0.717, 1.165) is 10.4 Å². The Balaban J connectivity index is 2.26. The van der Waals surface area contributed by atoms with Gasteiger partial charge in [0.25, 0.3) is 0 Å². The molecule has 2 rings (SSSR count). The number of hydrogen-bond acceptors (Lipinski definition) is 2. The Morgan fingerprint density at radius 1 is 1.35 bits per heavy atom. The lowest BCUT2D eigenvalue weighted by molar-refractivity contribution is -0.120. The third kappa shape index (κ3) is 3.67. The number of hydrogen-bond donors (Lipinski definition) is 1. The van der Waals surface area contributed by atoms with Gasteiger partial charge < -0.3 is 5.32 Å². The van der Waals surface area contributed by atoms with Gasteiger partial charge in [0.05, 0.1) is 10.9 Å². The van der Waals surface area contributed by atoms with Gasteiger partial charge in [-0.05, 0) is 35.6 Å². The smallest absolute Gasteiger partial charge is 0.234 e. The van der Waals surface area contributed by atoms with Crippen LogP contribution in [0.4, 0.5) is 4.39 Å². The van der Waals surface area contributed by atoms with Crippen molar-refractivity contribution in [2.24, 2.45) is 0 Å². The number of benzene rings is 1. The summed E-state index contributed by atoms with van der Waals surface area (Å²) in [6, 6.07) is 9.89. The fraction of sp³-hybridized carbons (Fsp3) is 0.267. The molecule has 0 aliphatic heterocycles. The average molecular weight is 356 g/mol. The first-order chi connectivity index (χ1) is 9.61. The Kier molecular flexibility index (Phi) is 5.31. The molecule has 0 spiro atoms. The summed E-state index contributed by atoms with van der Waals surface area (Å²) < 4.78 is 13.0. The Morgan fingerprint density at radius 3 is 2.60 bits per heavy atom. The maximum absolute atomic E-state index is 13.0. The lowest BCUT2D eigenvalue weighted by Crippen LogP contribution is -2.34. The molecule has 0 saturated carbocycles. The summed E-state index contributed by atoms with van der Waals surface area (Å²) in [6.07, 6.45) is 0.715. The summed E-state index contributed by atoms with van der Waals surface area (Å²) in [5, 5.41) is 4.97. The summed E-state index contributed by atoms with van der Waals surface area (Å²) in [5.74, 6) is -0.341. The van der Waals surface area contributed by atoms with Crippen LogP contribution in [0.2, 0.25) is 0 Å². The monoisotopic (exact) mass is 355 g/mol. The van der Waals surface area contributed by atoms with Crippen LogP contribution >= 0.6 is 27.3 Å². The Bertz CT molecular complexity index is 556. The van der Waals surface area contributed by atoms with Gasteiger partial charge in [-0.3, -0.25) is 4.79 Å². The number of thiophene rings is 1. The lowest BCUT2D eigenvalue weighted by atomic mass is 10.0. The van der Waals surface area contributed by atoms with E-state index in [1.807, 2.05) is 24.4 Å². The van der Waals surface area contributed by atoms with E-state index in [4.69, 9.17) is 0 Å². The van der Waals surface area contributed by atoms with E-state index in [9.17, 15) is 9.18 Å². The van der Waals surface area contributed by atoms with E-state index in [0.29, 0.717) is 6.42 Å². The molecule has 0 bridgehead atoms. The van der Waals surface area contributed by atoms with Gasteiger partial charge in [-0.15, -0.1) is 11.3 Å². The van der Waals surface area contributed by atoms with Crippen LogP contribution in [0, 0.1) is 5.82 Å². The summed E-state index contributed by atoms with van der Waals surface area (Å²) in [6.45, 7) is 1.94. The van der Waals surface area contributed by atoms with Crippen molar-refractivity contribution in [3.63, 3.8) is 0 Å². The van der Waals surface area contributed by atoms with Gasteiger partial charge in [0.2, 0.25) is 5.91 Å². The van der Waals surface area contributed by atoms with Crippen molar-refractivity contribution in [2.75, 3.05) is 0 Å². The van der Waals surface area contributed by atoms with Crippen molar-refractivity contribution in [3.05, 3.63) is 58.0 Å². The number of amides is 1. The molecule has 20 heavy (non-hydrogen) atoms. The highest BCUT2D eigenvalue weighted by molar-refractivity contribution is 9.10. The normalized spacial score (nSPS) is 13.8. The number of halogens is 2. The molecule has 1 aromatic carbocycles. The highest BCUT2D eigenvalue weighted by Gasteiger charge is 2.21. The van der Waals surface area contributed by atoms with E-state index in [1.54, 1.807) is 23.5 Å². The van der Waals surface area contributed by atoms with Gasteiger partial charge in [0, 0.05) is 4.88 Å². The van der Waals surface area contributed by atoms with Crippen molar-refractivity contribution in [1.29, 1.82) is 0 Å². The van der Waals surface area contributed by atoms with Crippen LogP contribution in [0.5, 0.6) is 0 Å². The molecule has 5 heteroatoms. The van der Waals surface area contributed by atoms with Crippen LogP contribution in [-0.4, -0.2) is 10.7 Å². The number of carbonyl (C=O) groups is 1. The van der Waals surface area contributed by atoms with Crippen LogP contribution in [0.3, 0.4) is 0 Å². The zero-order valence-corrected chi connectivity index (χ0v) is 13.4. The Morgan fingerprint density at radius 2 is 2.05 bits per heavy atom. The molecule has 0 aliphatic rings. The minimum Gasteiger partial charge on any atom is -0.343 e. The molecule has 0 aliphatic carbocycles. The van der Waals surface area contributed by atoms with Crippen molar-refractivity contribution in [2.45, 2.75) is 24.2 Å². The second-order valence-corrected chi connectivity index (χ2v) is 6.47. The van der Waals surface area contributed by atoms with Gasteiger partial charge in [0.15, 0.2) is 0 Å². The van der Waals surface area contributed by atoms with Crippen LogP contribution in [0.1, 0.15) is 29.8 Å². The lowest BCUT2D eigenvalue weighted by Gasteiger charge is -2.19. The molecular formula is C15H15BrFNOS. The van der Waals surface area contributed by atoms with E-state index in [-0.39, 0.29) is 22.6 Å². The number of carbonyl (C=O) groups excluding carboxylic acids is 1. The molecule has 2 aromatic rings. The molecule has 2 nitrogen and oxygen atoms in total. The van der Waals surface area contributed by atoms with E-state index in [2.05, 4.69) is 21.2 Å². The topological polar surface area (TPSA) is 29.1 Å². The van der Waals surface area contributed by atoms with Gasteiger partial charge in [-0.25, -0.2) is 4.39 Å². The molecule has 1 heterocycles. The number of nitrogens with one attached hydrogen (secondary N) is 1. The molecule has 0 radical (unpaired) electrons. The highest BCUT2D eigenvalue weighted by atomic mass is 79.9. The predicted molar refractivity (Wildman–Crippen MR) is 83.7 cm³/mol. The van der Waals surface area contributed by atoms with Crippen LogP contribution in [-0.2, 0) is 4.79 Å². The average Bonchev–Trinajstić information content (AvgIpc) is 2.98. The van der Waals surface area contributed by atoms with Crippen LogP contribution in [0.25, 0.3) is 0 Å². The second kappa shape index (κ2) is 6.99. The van der Waals surface area contributed by atoms with Gasteiger partial charge in [0.1, 0.15) is 5.82 Å². The number of rotatable bonds is 5. The molecule has 2 atom stereocenters. The number of alkyl halides is 1. The Labute approximate surface area is 130 Å². The maximum atomic E-state index is 13.0. The zero-order chi connectivity index (χ0) is 14.5. The summed E-state index contributed by atoms with van der Waals surface area (Å²) in [4.78, 5) is 12.9. The third-order valence-electron chi connectivity index (χ3n) is 2.96. The molecule has 1 N–H and O–H groups in total. The van der Waals surface area contributed by atoms with Crippen molar-refractivity contribution in [3.8, 4) is 0 Å². The maximum Gasteiger partial charge on any atom is 0.234 e. The molecule has 1 amide bonds. The van der Waals surface area contributed by atoms with Gasteiger partial charge in [-0.2, -0.15) is 0 Å². The largest absolute Gasteiger partial charge is 0.343 e. The van der Waals surface area contributed by atoms with E-state index in [1.165, 1.54) is 12.1 Å². The standard InChI is InChI=1S/C15H15BrFNOS/c1-2-12(16)15(19)18-14(13-4-3-9-20-13)10-5-7-11(17)8-6-10/h3-9,12,14H,2H2,1H3,(H,18,19). The molecule has 106 valence electrons. The molecule has 1 aromatic heterocycles. The highest BCUT2D eigenvalue weighted by Crippen LogP contribution is 2.26. The fourth-order valence-electron chi connectivity index (χ4n) is 1.85. The van der Waals surface area contributed by atoms with Crippen molar-refractivity contribution in [1.82, 2.24) is 5.32 Å². The summed E-state index contributed by atoms with van der Waals surface area (Å²) >= 11 is 4.92. The predicted octanol–water partition coefficient (Wildman–Crippen LogP) is 4.27. The van der Waals surface area contributed by atoms with Crippen molar-refractivity contribution < 1.29 is 9.18 Å². The quantitative estimate of drug-likeness (QED) is 0.797. The minimum absolute atomic E-state index is 0.0600. The fourth-order valence-corrected chi connectivity index (χ4v) is 2.78. The zero-order valence-electron chi connectivity index (χ0n) is 11.0. The van der Waals surface area contributed by atoms with E-state index >= 15 is 0 Å². The Hall–Kier alpha value is -1.20. The SMILES string of the molecule is CCC(Br)C(=O)NC(c1ccc(F)cc1)c1cccs1. The van der Waals surface area contributed by atoms with Gasteiger partial charge in [-0.1, -0.05) is 41.1 Å². The van der Waals surface area contributed by atoms with Crippen LogP contribution in [0.15, 0.2) is 41.8 Å². The minimum atomic E-state index is -0.281. The first-order valence-electron chi connectivity index (χ1n) is 6.35. The second-order valence-electron chi connectivity index (χ2n) is 4.38. The van der Waals surface area contributed by atoms with Gasteiger partial charge >= 0.3 is 0 Å². The molecule has 0 fully saturated rings. The summed E-state index contributed by atoms with van der Waals surface area (Å²) in [7, 11) is 0. The first-order valence-corrected chi connectivity index (χ1v) is 8.14. The first kappa shape index (κ1) is 15.2. The van der Waals surface area contributed by atoms with E-state index < -0.39 is 0 Å². The molecular weight excluding hydrogens is 341 g/mol. The molecule has 2 unspecified atom stereocenters. The van der Waals surface area contributed by atoms with Crippen molar-refractivity contribution >= 4 is 33.2 Å². The third-order valence-corrected chi connectivity index (χ3v) is 4.96. The molecule has 0 saturated heterocycles.